The topological polar surface area (TPSA) is 47.9 Å². The fourth-order valence-electron chi connectivity index (χ4n) is 8.56. The summed E-state index contributed by atoms with van der Waals surface area (Å²) in [6, 6.07) is 0. The van der Waals surface area contributed by atoms with Gasteiger partial charge in [-0.15, -0.1) is 0 Å². The van der Waals surface area contributed by atoms with Gasteiger partial charge >= 0.3 is 0 Å². The van der Waals surface area contributed by atoms with Gasteiger partial charge in [0.2, 0.25) is 0 Å². The molecule has 5 aliphatic rings. The van der Waals surface area contributed by atoms with Crippen LogP contribution in [0.2, 0.25) is 18.1 Å². The van der Waals surface area contributed by atoms with Crippen LogP contribution in [0.1, 0.15) is 85.0 Å². The van der Waals surface area contributed by atoms with Crippen molar-refractivity contribution in [1.29, 1.82) is 0 Å². The van der Waals surface area contributed by atoms with Crippen molar-refractivity contribution >= 4 is 8.32 Å². The number of hydrogen-bond acceptors (Lipinski definition) is 4. The molecule has 0 bridgehead atoms. The summed E-state index contributed by atoms with van der Waals surface area (Å²) in [5, 5.41) is 11.5. The van der Waals surface area contributed by atoms with E-state index in [-0.39, 0.29) is 22.3 Å². The van der Waals surface area contributed by atoms with Crippen molar-refractivity contribution in [2.24, 2.45) is 35.0 Å². The van der Waals surface area contributed by atoms with Crippen molar-refractivity contribution in [1.82, 2.24) is 0 Å². The van der Waals surface area contributed by atoms with Crippen molar-refractivity contribution < 1.29 is 19.0 Å². The number of ether oxygens (including phenoxy) is 2. The van der Waals surface area contributed by atoms with Gasteiger partial charge in [-0.1, -0.05) is 20.8 Å². The molecule has 5 fully saturated rings. The Morgan fingerprint density at radius 2 is 1.62 bits per heavy atom. The van der Waals surface area contributed by atoms with Gasteiger partial charge in [-0.2, -0.15) is 0 Å². The van der Waals surface area contributed by atoms with Crippen LogP contribution < -0.4 is 0 Å². The average Bonchev–Trinajstić information content (AvgIpc) is 3.31. The van der Waals surface area contributed by atoms with Crippen molar-refractivity contribution in [3.8, 4) is 0 Å². The molecule has 1 aliphatic heterocycles. The minimum absolute atomic E-state index is 0.115. The van der Waals surface area contributed by atoms with E-state index in [4.69, 9.17) is 13.9 Å². The van der Waals surface area contributed by atoms with Crippen LogP contribution in [-0.4, -0.2) is 45.1 Å². The van der Waals surface area contributed by atoms with E-state index >= 15 is 0 Å². The predicted molar refractivity (Wildman–Crippen MR) is 130 cm³/mol. The third-order valence-electron chi connectivity index (χ3n) is 11.3. The van der Waals surface area contributed by atoms with Crippen LogP contribution in [0.5, 0.6) is 0 Å². The average molecular weight is 465 g/mol. The molecule has 0 amide bonds. The van der Waals surface area contributed by atoms with Crippen molar-refractivity contribution in [3.05, 3.63) is 0 Å². The van der Waals surface area contributed by atoms with E-state index in [1.165, 1.54) is 38.5 Å². The molecule has 1 saturated heterocycles. The molecule has 184 valence electrons. The van der Waals surface area contributed by atoms with Crippen LogP contribution in [0.3, 0.4) is 0 Å². The van der Waals surface area contributed by atoms with Crippen LogP contribution >= 0.6 is 0 Å². The van der Waals surface area contributed by atoms with Gasteiger partial charge in [-0.25, -0.2) is 0 Å². The van der Waals surface area contributed by atoms with Gasteiger partial charge in [0, 0.05) is 24.9 Å². The molecule has 32 heavy (non-hydrogen) atoms. The standard InChI is InChI=1S/C27H48O4Si/c1-25(2,3)32(4,5)31-15-14-26-12-10-21-20-11-13-27(29-16-17-30-27)18-19(20)6-7-22(21)23(26)8-9-24(26)28/h19-24,28H,6-18H2,1-5H3/t19-,20?,21?,22?,23?,24-,26+/m0/s1. The molecule has 1 N–H and O–H groups in total. The second-order valence-corrected chi connectivity index (χ2v) is 18.3. The SMILES string of the molecule is CC(C)(C)[Si](C)(C)OCC[C@]12CCC3C(CC[C@H]4CC5(CCC34)OCCO5)C1CC[C@@H]2O. The summed E-state index contributed by atoms with van der Waals surface area (Å²) >= 11 is 0. The molecular formula is C27H48O4Si. The quantitative estimate of drug-likeness (QED) is 0.508. The molecule has 0 aromatic carbocycles. The van der Waals surface area contributed by atoms with Gasteiger partial charge in [0.25, 0.3) is 0 Å². The van der Waals surface area contributed by atoms with Crippen LogP contribution in [0, 0.1) is 35.0 Å². The zero-order valence-electron chi connectivity index (χ0n) is 21.3. The van der Waals surface area contributed by atoms with Gasteiger partial charge in [-0.3, -0.25) is 0 Å². The summed E-state index contributed by atoms with van der Waals surface area (Å²) in [7, 11) is -1.74. The van der Waals surface area contributed by atoms with E-state index in [0.717, 1.165) is 69.2 Å². The van der Waals surface area contributed by atoms with Crippen LogP contribution in [0.25, 0.3) is 0 Å². The van der Waals surface area contributed by atoms with Crippen LogP contribution in [0.4, 0.5) is 0 Å². The number of hydrogen-bond donors (Lipinski definition) is 1. The second-order valence-electron chi connectivity index (χ2n) is 13.5. The van der Waals surface area contributed by atoms with Gasteiger partial charge in [0.15, 0.2) is 14.1 Å². The third-order valence-corrected chi connectivity index (χ3v) is 15.8. The first-order valence-electron chi connectivity index (χ1n) is 13.7. The van der Waals surface area contributed by atoms with Crippen molar-refractivity contribution in [2.45, 2.75) is 115 Å². The fourth-order valence-corrected chi connectivity index (χ4v) is 9.60. The molecule has 0 aromatic heterocycles. The Morgan fingerprint density at radius 1 is 0.906 bits per heavy atom. The zero-order chi connectivity index (χ0) is 22.8. The minimum Gasteiger partial charge on any atom is -0.417 e. The molecule has 4 nitrogen and oxygen atoms in total. The number of rotatable bonds is 4. The second kappa shape index (κ2) is 8.32. The molecule has 4 saturated carbocycles. The Hall–Kier alpha value is 0.0569. The van der Waals surface area contributed by atoms with Gasteiger partial charge in [-0.05, 0) is 99.1 Å². The highest BCUT2D eigenvalue weighted by atomic mass is 28.4. The van der Waals surface area contributed by atoms with Crippen LogP contribution in [-0.2, 0) is 13.9 Å². The molecule has 5 heteroatoms. The molecule has 0 radical (unpaired) electrons. The summed E-state index contributed by atoms with van der Waals surface area (Å²) in [6.07, 6.45) is 11.9. The lowest BCUT2D eigenvalue weighted by Crippen LogP contribution is -2.53. The smallest absolute Gasteiger partial charge is 0.191 e. The van der Waals surface area contributed by atoms with E-state index in [1.807, 2.05) is 0 Å². The van der Waals surface area contributed by atoms with Crippen molar-refractivity contribution in [2.75, 3.05) is 19.8 Å². The fraction of sp³-hybridized carbons (Fsp3) is 1.00. The summed E-state index contributed by atoms with van der Waals surface area (Å²) < 4.78 is 18.8. The van der Waals surface area contributed by atoms with E-state index < -0.39 is 8.32 Å². The Labute approximate surface area is 197 Å². The molecule has 0 aromatic rings. The molecule has 1 spiro atoms. The maximum Gasteiger partial charge on any atom is 0.191 e. The molecular weight excluding hydrogens is 416 g/mol. The predicted octanol–water partition coefficient (Wildman–Crippen LogP) is 6.14. The van der Waals surface area contributed by atoms with E-state index in [2.05, 4.69) is 33.9 Å². The first kappa shape index (κ1) is 23.8. The minimum atomic E-state index is -1.74. The first-order valence-corrected chi connectivity index (χ1v) is 16.6. The van der Waals surface area contributed by atoms with Crippen molar-refractivity contribution in [3.63, 3.8) is 0 Å². The summed E-state index contributed by atoms with van der Waals surface area (Å²) in [5.41, 5.74) is 0.115. The molecule has 4 aliphatic carbocycles. The Bertz CT molecular complexity index is 682. The van der Waals surface area contributed by atoms with Crippen LogP contribution in [0.15, 0.2) is 0 Å². The van der Waals surface area contributed by atoms with Gasteiger partial charge in [0.05, 0.1) is 19.3 Å². The maximum absolute atomic E-state index is 11.2. The molecule has 5 rings (SSSR count). The summed E-state index contributed by atoms with van der Waals surface area (Å²) in [4.78, 5) is 0. The molecule has 1 heterocycles. The van der Waals surface area contributed by atoms with E-state index in [9.17, 15) is 5.11 Å². The highest BCUT2D eigenvalue weighted by Gasteiger charge is 2.60. The lowest BCUT2D eigenvalue weighted by Gasteiger charge is -2.57. The van der Waals surface area contributed by atoms with Gasteiger partial charge < -0.3 is 19.0 Å². The third kappa shape index (κ3) is 3.86. The highest BCUT2D eigenvalue weighted by Crippen LogP contribution is 2.64. The summed E-state index contributed by atoms with van der Waals surface area (Å²) in [6.45, 7) is 14.1. The Kier molecular flexibility index (Phi) is 6.19. The molecule has 7 atom stereocenters. The number of fused-ring (bicyclic) bond motifs is 5. The normalized spacial score (nSPS) is 43.7. The zero-order valence-corrected chi connectivity index (χ0v) is 22.3. The monoisotopic (exact) mass is 464 g/mol. The molecule has 4 unspecified atom stereocenters. The number of aliphatic hydroxyl groups excluding tert-OH is 1. The first-order chi connectivity index (χ1) is 15.1. The lowest BCUT2D eigenvalue weighted by molar-refractivity contribution is -0.210. The Morgan fingerprint density at radius 3 is 2.34 bits per heavy atom. The number of aliphatic hydroxyl groups is 1. The van der Waals surface area contributed by atoms with E-state index in [0.29, 0.717) is 5.92 Å². The maximum atomic E-state index is 11.2. The Balaban J connectivity index is 1.27. The highest BCUT2D eigenvalue weighted by molar-refractivity contribution is 6.74. The lowest BCUT2D eigenvalue weighted by atomic mass is 9.49. The van der Waals surface area contributed by atoms with E-state index in [1.54, 1.807) is 0 Å². The largest absolute Gasteiger partial charge is 0.417 e. The van der Waals surface area contributed by atoms with Gasteiger partial charge in [0.1, 0.15) is 0 Å². The summed E-state index contributed by atoms with van der Waals surface area (Å²) in [5.74, 6) is 3.77.